The van der Waals surface area contributed by atoms with Crippen LogP contribution in [0.2, 0.25) is 0 Å². The Balaban J connectivity index is 2.42. The van der Waals surface area contributed by atoms with Crippen LogP contribution in [0.5, 0.6) is 0 Å². The van der Waals surface area contributed by atoms with E-state index in [9.17, 15) is 30.3 Å². The number of hydrogen-bond donors (Lipinski definition) is 6. The molecular formula is C42H79NO8. The fraction of sp³-hybridized carbons (Fsp3) is 0.881. The molecule has 0 bridgehead atoms. The second kappa shape index (κ2) is 33.3. The largest absolute Gasteiger partial charge is 0.394 e. The van der Waals surface area contributed by atoms with E-state index < -0.39 is 62.7 Å². The summed E-state index contributed by atoms with van der Waals surface area (Å²) in [6.07, 6.45) is 22.4. The summed E-state index contributed by atoms with van der Waals surface area (Å²) in [7, 11) is 0. The van der Waals surface area contributed by atoms with Crippen LogP contribution in [-0.2, 0) is 14.3 Å². The van der Waals surface area contributed by atoms with Gasteiger partial charge in [-0.1, -0.05) is 154 Å². The van der Waals surface area contributed by atoms with Gasteiger partial charge < -0.3 is 40.3 Å². The first-order chi connectivity index (χ1) is 26.7. The molecule has 1 saturated heterocycles. The molecule has 0 saturated carbocycles. The molecule has 0 radical (unpaired) electrons. The van der Waals surface area contributed by atoms with Gasteiger partial charge in [0.25, 0.3) is 0 Å². The Morgan fingerprint density at radius 1 is 0.745 bits per heavy atom. The van der Waals surface area contributed by atoms with Gasteiger partial charge in [-0.2, -0.15) is 0 Å². The molecule has 1 aliphatic rings. The predicted octanol–water partition coefficient (Wildman–Crippen LogP) is 7.94. The van der Waals surface area contributed by atoms with Crippen LogP contribution in [0.3, 0.4) is 0 Å². The Morgan fingerprint density at radius 3 is 1.80 bits per heavy atom. The van der Waals surface area contributed by atoms with Crippen molar-refractivity contribution in [1.82, 2.24) is 5.32 Å². The first-order valence-corrected chi connectivity index (χ1v) is 20.5. The van der Waals surface area contributed by atoms with Crippen LogP contribution in [0.1, 0.15) is 188 Å². The van der Waals surface area contributed by atoms with Crippen LogP contribution in [-0.4, -0.2) is 87.5 Å². The van der Waals surface area contributed by atoms with E-state index in [-0.39, 0.29) is 18.9 Å². The van der Waals surface area contributed by atoms with E-state index in [2.05, 4.69) is 24.4 Å². The number of ether oxygens (including phenoxy) is 2. The number of rotatable bonds is 34. The van der Waals surface area contributed by atoms with Crippen molar-refractivity contribution < 1.29 is 46.7 Å². The number of aliphatic hydroxyl groups excluding tert-OH is 5. The molecule has 0 aliphatic carbocycles. The zero-order valence-electron chi connectivity index (χ0n) is 36.9. The third-order valence-electron chi connectivity index (χ3n) is 9.72. The highest BCUT2D eigenvalue weighted by Gasteiger charge is 2.44. The lowest BCUT2D eigenvalue weighted by Gasteiger charge is -2.40. The van der Waals surface area contributed by atoms with Gasteiger partial charge in [0, 0.05) is 13.3 Å². The molecule has 0 aromatic rings. The molecule has 1 amide bonds. The van der Waals surface area contributed by atoms with E-state index in [4.69, 9.17) is 16.3 Å². The van der Waals surface area contributed by atoms with Gasteiger partial charge in [0.1, 0.15) is 24.4 Å². The maximum atomic E-state index is 12.9. The topological polar surface area (TPSA) is 149 Å². The summed E-state index contributed by atoms with van der Waals surface area (Å²) < 4.78 is 48.4. The second-order valence-corrected chi connectivity index (χ2v) is 14.4. The third-order valence-corrected chi connectivity index (χ3v) is 9.72. The van der Waals surface area contributed by atoms with Crippen molar-refractivity contribution in [2.75, 3.05) is 13.2 Å². The number of nitrogens with one attached hydrogen (secondary N) is 1. The third kappa shape index (κ3) is 24.6. The number of unbranched alkanes of at least 4 members (excludes halogenated alkanes) is 20. The Labute approximate surface area is 318 Å². The van der Waals surface area contributed by atoms with E-state index in [1.54, 1.807) is 6.08 Å². The van der Waals surface area contributed by atoms with Crippen molar-refractivity contribution in [1.29, 1.82) is 0 Å². The molecule has 0 spiro atoms. The van der Waals surface area contributed by atoms with Gasteiger partial charge in [-0.15, -0.1) is 0 Å². The summed E-state index contributed by atoms with van der Waals surface area (Å²) in [5.41, 5.74) is 0. The van der Waals surface area contributed by atoms with Gasteiger partial charge in [0.15, 0.2) is 6.29 Å². The van der Waals surface area contributed by atoms with Crippen LogP contribution < -0.4 is 5.32 Å². The molecule has 0 unspecified atom stereocenters. The first-order valence-electron chi connectivity index (χ1n) is 23.0. The molecule has 9 nitrogen and oxygen atoms in total. The number of allylic oxidation sites excluding steroid dienone is 3. The van der Waals surface area contributed by atoms with Gasteiger partial charge in [-0.05, 0) is 44.9 Å². The highest BCUT2D eigenvalue weighted by Crippen LogP contribution is 2.22. The van der Waals surface area contributed by atoms with Gasteiger partial charge >= 0.3 is 0 Å². The minimum absolute atomic E-state index is 0.0577. The summed E-state index contributed by atoms with van der Waals surface area (Å²) in [5.74, 6) is -0.228. The number of carbonyl (C=O) groups excluding carboxylic acids is 1. The van der Waals surface area contributed by atoms with Crippen LogP contribution in [0.25, 0.3) is 0 Å². The molecule has 300 valence electrons. The Bertz CT molecular complexity index is 1030. The van der Waals surface area contributed by atoms with Crippen LogP contribution in [0, 0.1) is 0 Å². The molecule has 6 N–H and O–H groups in total. The Morgan fingerprint density at radius 2 is 1.25 bits per heavy atom. The lowest BCUT2D eigenvalue weighted by atomic mass is 9.99. The number of carbonyl (C=O) groups is 1. The van der Waals surface area contributed by atoms with Gasteiger partial charge in [0.05, 0.1) is 25.4 Å². The number of hydrogen-bond acceptors (Lipinski definition) is 8. The molecule has 1 fully saturated rings. The highest BCUT2D eigenvalue weighted by molar-refractivity contribution is 5.76. The average molecular weight is 731 g/mol. The van der Waals surface area contributed by atoms with Gasteiger partial charge in [-0.3, -0.25) is 4.79 Å². The maximum Gasteiger partial charge on any atom is 0.220 e. The monoisotopic (exact) mass is 731 g/mol. The average Bonchev–Trinajstić information content (AvgIpc) is 3.15. The molecular weight excluding hydrogens is 646 g/mol. The van der Waals surface area contributed by atoms with Crippen molar-refractivity contribution in [2.45, 2.75) is 224 Å². The second-order valence-electron chi connectivity index (χ2n) is 14.4. The normalized spacial score (nSPS) is 24.2. The molecule has 1 rings (SSSR count). The first kappa shape index (κ1) is 39.4. The summed E-state index contributed by atoms with van der Waals surface area (Å²) in [4.78, 5) is 12.9. The van der Waals surface area contributed by atoms with Crippen molar-refractivity contribution >= 4 is 5.91 Å². The van der Waals surface area contributed by atoms with E-state index in [1.165, 1.54) is 38.5 Å². The lowest BCUT2D eigenvalue weighted by molar-refractivity contribution is -0.302. The summed E-state index contributed by atoms with van der Waals surface area (Å²) in [5, 5.41) is 54.0. The standard InChI is InChI=1S/C42H79NO8/c1-3-5-7-9-11-13-15-17-18-20-22-24-26-28-30-32-38(46)43-35(34-50-42-41(49)40(48)39(47)37(33-44)51-42)36(45)31-29-27-25-23-21-19-16-14-12-10-8-6-4-2/h17-18,29,31,35-37,39-42,44-45,47-49H,3-16,19-28,30,32-34H2,1-2H3,(H,43,46)/b18-17+,31-29+/t35-,36+,37+,39+,40-,41+,42+/m0/s1/i2D3,4D2. The molecule has 1 heterocycles. The van der Waals surface area contributed by atoms with Crippen molar-refractivity contribution in [2.24, 2.45) is 0 Å². The minimum Gasteiger partial charge on any atom is -0.394 e. The van der Waals surface area contributed by atoms with Crippen LogP contribution in [0.4, 0.5) is 0 Å². The van der Waals surface area contributed by atoms with Crippen LogP contribution >= 0.6 is 0 Å². The van der Waals surface area contributed by atoms with Crippen molar-refractivity contribution in [3.63, 3.8) is 0 Å². The fourth-order valence-electron chi connectivity index (χ4n) is 6.35. The maximum absolute atomic E-state index is 12.9. The van der Waals surface area contributed by atoms with Crippen LogP contribution in [0.15, 0.2) is 24.3 Å². The van der Waals surface area contributed by atoms with E-state index in [0.717, 1.165) is 103 Å². The molecule has 0 aromatic carbocycles. The SMILES string of the molecule is [2H]C([2H])([2H])C([2H])([2H])CCCCCCCCCCC/C=C/[C@@H](O)[C@H](CO[C@@H]1O[C@H](CO)[C@@H](O)[C@H](O)[C@H]1O)NC(=O)CCCCCCC/C=C/CCCCCCCC. The Hall–Kier alpha value is -1.33. The number of amides is 1. The van der Waals surface area contributed by atoms with Gasteiger partial charge in [-0.25, -0.2) is 0 Å². The molecule has 1 aliphatic heterocycles. The summed E-state index contributed by atoms with van der Waals surface area (Å²) in [6.45, 7) is -1.17. The van der Waals surface area contributed by atoms with Gasteiger partial charge in [0.2, 0.25) is 5.91 Å². The summed E-state index contributed by atoms with van der Waals surface area (Å²) in [6, 6.07) is -0.860. The Kier molecular flexibility index (Phi) is 25.7. The zero-order chi connectivity index (χ0) is 41.7. The molecule has 7 atom stereocenters. The fourth-order valence-corrected chi connectivity index (χ4v) is 6.35. The molecule has 51 heavy (non-hydrogen) atoms. The highest BCUT2D eigenvalue weighted by atomic mass is 16.7. The minimum atomic E-state index is -2.58. The zero-order valence-corrected chi connectivity index (χ0v) is 31.9. The van der Waals surface area contributed by atoms with E-state index in [0.29, 0.717) is 12.8 Å². The van der Waals surface area contributed by atoms with Crippen molar-refractivity contribution in [3.8, 4) is 0 Å². The molecule has 9 heteroatoms. The van der Waals surface area contributed by atoms with E-state index in [1.807, 2.05) is 6.08 Å². The smallest absolute Gasteiger partial charge is 0.220 e. The number of aliphatic hydroxyl groups is 5. The van der Waals surface area contributed by atoms with Crippen molar-refractivity contribution in [3.05, 3.63) is 24.3 Å². The summed E-state index contributed by atoms with van der Waals surface area (Å²) >= 11 is 0. The van der Waals surface area contributed by atoms with E-state index >= 15 is 0 Å². The quantitative estimate of drug-likeness (QED) is 0.0289. The lowest BCUT2D eigenvalue weighted by Crippen LogP contribution is -2.60. The molecule has 0 aromatic heterocycles. The predicted molar refractivity (Wildman–Crippen MR) is 207 cm³/mol.